The van der Waals surface area contributed by atoms with Crippen LogP contribution < -0.4 is 5.32 Å². The van der Waals surface area contributed by atoms with E-state index in [0.29, 0.717) is 0 Å². The van der Waals surface area contributed by atoms with Crippen molar-refractivity contribution < 1.29 is 9.53 Å². The smallest absolute Gasteiger partial charge is 0.325 e. The summed E-state index contributed by atoms with van der Waals surface area (Å²) in [6.45, 7) is 2.17. The van der Waals surface area contributed by atoms with Gasteiger partial charge in [0.1, 0.15) is 6.54 Å². The number of rotatable bonds is 3. The minimum absolute atomic E-state index is 0.148. The number of para-hydroxylation sites is 1. The molecule has 0 saturated heterocycles. The minimum atomic E-state index is -0.295. The van der Waals surface area contributed by atoms with E-state index in [-0.39, 0.29) is 12.5 Å². The summed E-state index contributed by atoms with van der Waals surface area (Å²) in [6, 6.07) is 6.04. The Morgan fingerprint density at radius 3 is 3.06 bits per heavy atom. The molecule has 0 bridgehead atoms. The molecular formula is C11H12N2O2S. The number of methoxy groups -OCH3 is 1. The molecule has 16 heavy (non-hydrogen) atoms. The highest BCUT2D eigenvalue weighted by Gasteiger charge is 2.06. The van der Waals surface area contributed by atoms with E-state index in [0.717, 1.165) is 20.9 Å². The van der Waals surface area contributed by atoms with E-state index in [1.807, 2.05) is 25.1 Å². The number of aryl methyl sites for hydroxylation is 1. The molecule has 1 aromatic carbocycles. The van der Waals surface area contributed by atoms with Crippen molar-refractivity contribution in [3.05, 3.63) is 23.8 Å². The molecule has 0 saturated carbocycles. The maximum Gasteiger partial charge on any atom is 0.325 e. The van der Waals surface area contributed by atoms with Gasteiger partial charge < -0.3 is 10.1 Å². The summed E-state index contributed by atoms with van der Waals surface area (Å²) in [7, 11) is 1.37. The lowest BCUT2D eigenvalue weighted by molar-refractivity contribution is -0.138. The van der Waals surface area contributed by atoms with Crippen LogP contribution in [0.25, 0.3) is 10.2 Å². The van der Waals surface area contributed by atoms with Crippen molar-refractivity contribution in [2.24, 2.45) is 0 Å². The molecule has 1 aromatic heterocycles. The first-order valence-corrected chi connectivity index (χ1v) is 5.69. The Morgan fingerprint density at radius 2 is 2.38 bits per heavy atom. The van der Waals surface area contributed by atoms with Crippen LogP contribution >= 0.6 is 11.3 Å². The molecular weight excluding hydrogens is 224 g/mol. The number of hydrogen-bond donors (Lipinski definition) is 1. The Kier molecular flexibility index (Phi) is 3.05. The van der Waals surface area contributed by atoms with E-state index < -0.39 is 0 Å². The summed E-state index contributed by atoms with van der Waals surface area (Å²) in [4.78, 5) is 15.4. The molecule has 0 spiro atoms. The van der Waals surface area contributed by atoms with Crippen LogP contribution in [0.1, 0.15) is 5.56 Å². The number of ether oxygens (including phenoxy) is 1. The van der Waals surface area contributed by atoms with Gasteiger partial charge in [-0.1, -0.05) is 23.5 Å². The molecule has 0 radical (unpaired) electrons. The van der Waals surface area contributed by atoms with Crippen LogP contribution in [0.5, 0.6) is 0 Å². The first-order chi connectivity index (χ1) is 7.70. The largest absolute Gasteiger partial charge is 0.468 e. The van der Waals surface area contributed by atoms with Gasteiger partial charge >= 0.3 is 5.97 Å². The van der Waals surface area contributed by atoms with E-state index in [1.165, 1.54) is 18.4 Å². The van der Waals surface area contributed by atoms with Gasteiger partial charge in [-0.2, -0.15) is 0 Å². The molecule has 1 N–H and O–H groups in total. The van der Waals surface area contributed by atoms with Crippen LogP contribution in [0.3, 0.4) is 0 Å². The van der Waals surface area contributed by atoms with Crippen LogP contribution in [0, 0.1) is 6.92 Å². The van der Waals surface area contributed by atoms with E-state index in [9.17, 15) is 4.79 Å². The number of anilines is 1. The second-order valence-electron chi connectivity index (χ2n) is 3.37. The SMILES string of the molecule is COC(=O)CNc1nc2c(C)cccc2s1. The normalized spacial score (nSPS) is 10.4. The molecule has 0 atom stereocenters. The van der Waals surface area contributed by atoms with Gasteiger partial charge in [0.25, 0.3) is 0 Å². The number of nitrogens with zero attached hydrogens (tertiary/aromatic N) is 1. The lowest BCUT2D eigenvalue weighted by Crippen LogP contribution is -2.14. The summed E-state index contributed by atoms with van der Waals surface area (Å²) < 4.78 is 5.66. The summed E-state index contributed by atoms with van der Waals surface area (Å²) in [5, 5.41) is 3.69. The Balaban J connectivity index is 2.20. The maximum absolute atomic E-state index is 11.0. The lowest BCUT2D eigenvalue weighted by Gasteiger charge is -1.99. The Bertz CT molecular complexity index is 522. The molecule has 0 aliphatic heterocycles. The van der Waals surface area contributed by atoms with Crippen molar-refractivity contribution in [3.63, 3.8) is 0 Å². The van der Waals surface area contributed by atoms with Gasteiger partial charge in [-0.05, 0) is 18.6 Å². The molecule has 2 aromatic rings. The molecule has 0 fully saturated rings. The zero-order valence-corrected chi connectivity index (χ0v) is 9.93. The van der Waals surface area contributed by atoms with Crippen LogP contribution in [-0.4, -0.2) is 24.6 Å². The third-order valence-electron chi connectivity index (χ3n) is 2.23. The summed E-state index contributed by atoms with van der Waals surface area (Å²) in [6.07, 6.45) is 0. The van der Waals surface area contributed by atoms with Crippen molar-refractivity contribution in [2.75, 3.05) is 19.0 Å². The molecule has 0 unspecified atom stereocenters. The number of thiazole rings is 1. The predicted octanol–water partition coefficient (Wildman–Crippen LogP) is 2.19. The first kappa shape index (κ1) is 10.9. The number of aromatic nitrogens is 1. The topological polar surface area (TPSA) is 51.2 Å². The fraction of sp³-hybridized carbons (Fsp3) is 0.273. The maximum atomic E-state index is 11.0. The second kappa shape index (κ2) is 4.49. The molecule has 0 aliphatic rings. The molecule has 2 rings (SSSR count). The van der Waals surface area contributed by atoms with Crippen LogP contribution in [0.4, 0.5) is 5.13 Å². The van der Waals surface area contributed by atoms with E-state index in [4.69, 9.17) is 0 Å². The summed E-state index contributed by atoms with van der Waals surface area (Å²) in [5.41, 5.74) is 2.12. The van der Waals surface area contributed by atoms with Crippen LogP contribution in [0.2, 0.25) is 0 Å². The van der Waals surface area contributed by atoms with Crippen molar-refractivity contribution in [1.82, 2.24) is 4.98 Å². The van der Waals surface area contributed by atoms with Gasteiger partial charge in [-0.15, -0.1) is 0 Å². The minimum Gasteiger partial charge on any atom is -0.468 e. The van der Waals surface area contributed by atoms with Crippen molar-refractivity contribution in [2.45, 2.75) is 6.92 Å². The average molecular weight is 236 g/mol. The average Bonchev–Trinajstić information content (AvgIpc) is 2.70. The Hall–Kier alpha value is -1.62. The van der Waals surface area contributed by atoms with Gasteiger partial charge in [0.15, 0.2) is 5.13 Å². The van der Waals surface area contributed by atoms with E-state index in [1.54, 1.807) is 0 Å². The third-order valence-corrected chi connectivity index (χ3v) is 3.21. The molecule has 5 heteroatoms. The third kappa shape index (κ3) is 2.14. The number of fused-ring (bicyclic) bond motifs is 1. The van der Waals surface area contributed by atoms with E-state index in [2.05, 4.69) is 15.0 Å². The monoisotopic (exact) mass is 236 g/mol. The molecule has 84 valence electrons. The van der Waals surface area contributed by atoms with Crippen LogP contribution in [0.15, 0.2) is 18.2 Å². The number of carbonyl (C=O) groups excluding carboxylic acids is 1. The van der Waals surface area contributed by atoms with Crippen LogP contribution in [-0.2, 0) is 9.53 Å². The Labute approximate surface area is 97.3 Å². The zero-order valence-electron chi connectivity index (χ0n) is 9.11. The van der Waals surface area contributed by atoms with Gasteiger partial charge in [-0.3, -0.25) is 4.79 Å². The molecule has 0 amide bonds. The molecule has 1 heterocycles. The highest BCUT2D eigenvalue weighted by Crippen LogP contribution is 2.27. The van der Waals surface area contributed by atoms with Gasteiger partial charge in [0.2, 0.25) is 0 Å². The number of hydrogen-bond acceptors (Lipinski definition) is 5. The molecule has 0 aliphatic carbocycles. The molecule has 4 nitrogen and oxygen atoms in total. The second-order valence-corrected chi connectivity index (χ2v) is 4.40. The Morgan fingerprint density at radius 1 is 1.56 bits per heavy atom. The number of esters is 1. The highest BCUT2D eigenvalue weighted by molar-refractivity contribution is 7.22. The zero-order chi connectivity index (χ0) is 11.5. The first-order valence-electron chi connectivity index (χ1n) is 4.87. The number of carbonyl (C=O) groups is 1. The summed E-state index contributed by atoms with van der Waals surface area (Å²) >= 11 is 1.53. The van der Waals surface area contributed by atoms with Gasteiger partial charge in [-0.25, -0.2) is 4.98 Å². The number of nitrogens with one attached hydrogen (secondary N) is 1. The standard InChI is InChI=1S/C11H12N2O2S/c1-7-4-3-5-8-10(7)13-11(16-8)12-6-9(14)15-2/h3-5H,6H2,1-2H3,(H,12,13). The fourth-order valence-corrected chi connectivity index (χ4v) is 2.32. The fourth-order valence-electron chi connectivity index (χ4n) is 1.38. The van der Waals surface area contributed by atoms with E-state index >= 15 is 0 Å². The lowest BCUT2D eigenvalue weighted by atomic mass is 10.2. The number of benzene rings is 1. The predicted molar refractivity (Wildman–Crippen MR) is 64.9 cm³/mol. The van der Waals surface area contributed by atoms with Gasteiger partial charge in [0.05, 0.1) is 17.3 Å². The quantitative estimate of drug-likeness (QED) is 0.830. The van der Waals surface area contributed by atoms with Crippen molar-refractivity contribution >= 4 is 32.7 Å². The van der Waals surface area contributed by atoms with Crippen molar-refractivity contribution in [3.8, 4) is 0 Å². The van der Waals surface area contributed by atoms with Crippen molar-refractivity contribution in [1.29, 1.82) is 0 Å². The van der Waals surface area contributed by atoms with Gasteiger partial charge in [0, 0.05) is 0 Å². The highest BCUT2D eigenvalue weighted by atomic mass is 32.1. The summed E-state index contributed by atoms with van der Waals surface area (Å²) in [5.74, 6) is -0.295.